The third kappa shape index (κ3) is 3.88. The Kier molecular flexibility index (Phi) is 4.50. The number of nitrogens with zero attached hydrogens (tertiary/aromatic N) is 1. The number of pyridine rings is 1. The standard InChI is InChI=1S/C12H15F3N2S/c13-12(14,15)9-4-5-11(17-7-9)18-8-10-3-1-2-6-16-10/h4-5,7,10,16H,1-3,6,8H2. The molecule has 1 fully saturated rings. The van der Waals surface area contributed by atoms with Gasteiger partial charge in [-0.2, -0.15) is 13.2 Å². The van der Waals surface area contributed by atoms with Crippen molar-refractivity contribution in [2.45, 2.75) is 36.5 Å². The first-order chi connectivity index (χ1) is 8.55. The van der Waals surface area contributed by atoms with E-state index in [1.165, 1.54) is 30.7 Å². The van der Waals surface area contributed by atoms with Crippen LogP contribution in [0.3, 0.4) is 0 Å². The Hall–Kier alpha value is -0.750. The Bertz CT molecular complexity index is 372. The van der Waals surface area contributed by atoms with Crippen LogP contribution in [0, 0.1) is 0 Å². The second-order valence-electron chi connectivity index (χ2n) is 4.34. The lowest BCUT2D eigenvalue weighted by Gasteiger charge is -2.22. The van der Waals surface area contributed by atoms with Crippen LogP contribution < -0.4 is 5.32 Å². The first-order valence-electron chi connectivity index (χ1n) is 5.95. The van der Waals surface area contributed by atoms with E-state index in [-0.39, 0.29) is 0 Å². The lowest BCUT2D eigenvalue weighted by atomic mass is 10.1. The zero-order valence-corrected chi connectivity index (χ0v) is 10.7. The molecule has 6 heteroatoms. The van der Waals surface area contributed by atoms with E-state index in [1.807, 2.05) is 0 Å². The van der Waals surface area contributed by atoms with Crippen LogP contribution in [-0.2, 0) is 6.18 Å². The van der Waals surface area contributed by atoms with Crippen molar-refractivity contribution >= 4 is 11.8 Å². The molecule has 0 aliphatic carbocycles. The Morgan fingerprint density at radius 2 is 2.17 bits per heavy atom. The van der Waals surface area contributed by atoms with Crippen molar-refractivity contribution in [1.82, 2.24) is 10.3 Å². The van der Waals surface area contributed by atoms with Crippen molar-refractivity contribution in [3.05, 3.63) is 23.9 Å². The Labute approximate surface area is 108 Å². The molecule has 1 aromatic rings. The molecular formula is C12H15F3N2S. The molecule has 0 aromatic carbocycles. The molecule has 0 saturated carbocycles. The minimum atomic E-state index is -4.30. The minimum absolute atomic E-state index is 0.452. The van der Waals surface area contributed by atoms with Gasteiger partial charge in [0.25, 0.3) is 0 Å². The molecule has 0 bridgehead atoms. The quantitative estimate of drug-likeness (QED) is 0.857. The predicted octanol–water partition coefficient (Wildman–Crippen LogP) is 3.33. The Morgan fingerprint density at radius 3 is 2.72 bits per heavy atom. The second-order valence-corrected chi connectivity index (χ2v) is 5.38. The van der Waals surface area contributed by atoms with E-state index >= 15 is 0 Å². The lowest BCUT2D eigenvalue weighted by molar-refractivity contribution is -0.137. The normalized spacial score (nSPS) is 20.9. The molecule has 1 aromatic heterocycles. The summed E-state index contributed by atoms with van der Waals surface area (Å²) in [6.45, 7) is 1.03. The van der Waals surface area contributed by atoms with Gasteiger partial charge in [0.05, 0.1) is 10.6 Å². The topological polar surface area (TPSA) is 24.9 Å². The van der Waals surface area contributed by atoms with Gasteiger partial charge >= 0.3 is 6.18 Å². The van der Waals surface area contributed by atoms with Gasteiger partial charge in [-0.05, 0) is 31.5 Å². The van der Waals surface area contributed by atoms with Gasteiger partial charge < -0.3 is 5.32 Å². The second kappa shape index (κ2) is 5.93. The first-order valence-corrected chi connectivity index (χ1v) is 6.94. The van der Waals surface area contributed by atoms with Crippen LogP contribution in [0.15, 0.2) is 23.4 Å². The number of aromatic nitrogens is 1. The molecule has 0 spiro atoms. The van der Waals surface area contributed by atoms with E-state index in [1.54, 1.807) is 0 Å². The summed E-state index contributed by atoms with van der Waals surface area (Å²) in [7, 11) is 0. The van der Waals surface area contributed by atoms with Gasteiger partial charge in [-0.15, -0.1) is 11.8 Å². The summed E-state index contributed by atoms with van der Waals surface area (Å²) >= 11 is 1.51. The van der Waals surface area contributed by atoms with Crippen LogP contribution in [0.25, 0.3) is 0 Å². The molecule has 1 unspecified atom stereocenters. The number of piperidine rings is 1. The molecule has 2 rings (SSSR count). The van der Waals surface area contributed by atoms with Gasteiger partial charge in [-0.25, -0.2) is 4.98 Å². The summed E-state index contributed by atoms with van der Waals surface area (Å²) in [5.41, 5.74) is -0.692. The maximum Gasteiger partial charge on any atom is 0.417 e. The maximum absolute atomic E-state index is 12.3. The monoisotopic (exact) mass is 276 g/mol. The van der Waals surface area contributed by atoms with Crippen LogP contribution in [0.4, 0.5) is 13.2 Å². The zero-order valence-electron chi connectivity index (χ0n) is 9.83. The van der Waals surface area contributed by atoms with Crippen LogP contribution in [0.5, 0.6) is 0 Å². The van der Waals surface area contributed by atoms with Crippen molar-refractivity contribution in [1.29, 1.82) is 0 Å². The molecule has 0 radical (unpaired) electrons. The highest BCUT2D eigenvalue weighted by atomic mass is 32.2. The fourth-order valence-corrected chi connectivity index (χ4v) is 2.83. The molecule has 1 saturated heterocycles. The molecule has 1 aliphatic rings. The van der Waals surface area contributed by atoms with Gasteiger partial charge in [-0.1, -0.05) is 6.42 Å². The van der Waals surface area contributed by atoms with Crippen molar-refractivity contribution in [3.8, 4) is 0 Å². The third-order valence-corrected chi connectivity index (χ3v) is 4.01. The van der Waals surface area contributed by atoms with Crippen molar-refractivity contribution < 1.29 is 13.2 Å². The summed E-state index contributed by atoms with van der Waals surface area (Å²) in [6.07, 6.45) is 0.156. The molecule has 1 aliphatic heterocycles. The summed E-state index contributed by atoms with van der Waals surface area (Å²) < 4.78 is 37.0. The number of thioether (sulfide) groups is 1. The number of rotatable bonds is 3. The average Bonchev–Trinajstić information content (AvgIpc) is 2.37. The van der Waals surface area contributed by atoms with Gasteiger partial charge in [0.1, 0.15) is 0 Å². The minimum Gasteiger partial charge on any atom is -0.313 e. The van der Waals surface area contributed by atoms with Gasteiger partial charge in [0.2, 0.25) is 0 Å². The highest BCUT2D eigenvalue weighted by Gasteiger charge is 2.30. The molecule has 0 amide bonds. The largest absolute Gasteiger partial charge is 0.417 e. The van der Waals surface area contributed by atoms with E-state index < -0.39 is 11.7 Å². The Morgan fingerprint density at radius 1 is 1.33 bits per heavy atom. The van der Waals surface area contributed by atoms with Crippen LogP contribution >= 0.6 is 11.8 Å². The van der Waals surface area contributed by atoms with Crippen LogP contribution in [0.1, 0.15) is 24.8 Å². The van der Waals surface area contributed by atoms with E-state index in [0.717, 1.165) is 31.0 Å². The molecule has 1 N–H and O–H groups in total. The third-order valence-electron chi connectivity index (χ3n) is 2.91. The molecule has 1 atom stereocenters. The number of hydrogen-bond donors (Lipinski definition) is 1. The summed E-state index contributed by atoms with van der Waals surface area (Å²) in [5.74, 6) is 0.859. The van der Waals surface area contributed by atoms with Gasteiger partial charge in [-0.3, -0.25) is 0 Å². The Balaban J connectivity index is 1.86. The number of hydrogen-bond acceptors (Lipinski definition) is 3. The van der Waals surface area contributed by atoms with Crippen molar-refractivity contribution in [2.75, 3.05) is 12.3 Å². The molecule has 18 heavy (non-hydrogen) atoms. The fourth-order valence-electron chi connectivity index (χ4n) is 1.89. The number of alkyl halides is 3. The highest BCUT2D eigenvalue weighted by Crippen LogP contribution is 2.29. The van der Waals surface area contributed by atoms with E-state index in [2.05, 4.69) is 10.3 Å². The fraction of sp³-hybridized carbons (Fsp3) is 0.583. The van der Waals surface area contributed by atoms with E-state index in [4.69, 9.17) is 0 Å². The van der Waals surface area contributed by atoms with E-state index in [0.29, 0.717) is 11.1 Å². The predicted molar refractivity (Wildman–Crippen MR) is 65.6 cm³/mol. The maximum atomic E-state index is 12.3. The van der Waals surface area contributed by atoms with Crippen LogP contribution in [0.2, 0.25) is 0 Å². The summed E-state index contributed by atoms with van der Waals surface area (Å²) in [6, 6.07) is 2.98. The average molecular weight is 276 g/mol. The highest BCUT2D eigenvalue weighted by molar-refractivity contribution is 7.99. The smallest absolute Gasteiger partial charge is 0.313 e. The first kappa shape index (κ1) is 13.7. The SMILES string of the molecule is FC(F)(F)c1ccc(SCC2CCCCN2)nc1. The zero-order chi connectivity index (χ0) is 13.0. The van der Waals surface area contributed by atoms with Gasteiger partial charge in [0.15, 0.2) is 0 Å². The van der Waals surface area contributed by atoms with Crippen molar-refractivity contribution in [2.24, 2.45) is 0 Å². The molecular weight excluding hydrogens is 261 g/mol. The molecule has 2 heterocycles. The number of nitrogens with one attached hydrogen (secondary N) is 1. The lowest BCUT2D eigenvalue weighted by Crippen LogP contribution is -2.35. The van der Waals surface area contributed by atoms with Crippen molar-refractivity contribution in [3.63, 3.8) is 0 Å². The molecule has 2 nitrogen and oxygen atoms in total. The van der Waals surface area contributed by atoms with Gasteiger partial charge in [0, 0.05) is 18.0 Å². The van der Waals surface area contributed by atoms with Crippen LogP contribution in [-0.4, -0.2) is 23.3 Å². The van der Waals surface area contributed by atoms with E-state index in [9.17, 15) is 13.2 Å². The molecule has 100 valence electrons. The summed E-state index contributed by atoms with van der Waals surface area (Å²) in [4.78, 5) is 3.84. The summed E-state index contributed by atoms with van der Waals surface area (Å²) in [5, 5.41) is 4.04. The number of halogens is 3.